The van der Waals surface area contributed by atoms with E-state index in [2.05, 4.69) is 263 Å². The van der Waals surface area contributed by atoms with Crippen LogP contribution in [-0.4, -0.2) is 6.61 Å². The van der Waals surface area contributed by atoms with Gasteiger partial charge < -0.3 is 9.64 Å². The number of para-hydroxylation sites is 1. The molecule has 340 valence electrons. The van der Waals surface area contributed by atoms with Crippen molar-refractivity contribution in [1.29, 1.82) is 0 Å². The van der Waals surface area contributed by atoms with Crippen molar-refractivity contribution in [2.45, 2.75) is 39.0 Å². The summed E-state index contributed by atoms with van der Waals surface area (Å²) in [6, 6.07) is 85.4. The first-order chi connectivity index (χ1) is 34.8. The Labute approximate surface area is 417 Å². The molecular formula is C69H53NO. The van der Waals surface area contributed by atoms with Crippen molar-refractivity contribution < 1.29 is 4.74 Å². The van der Waals surface area contributed by atoms with Gasteiger partial charge in [-0.15, -0.1) is 0 Å². The number of ether oxygens (including phenoxy) is 1. The smallest absolute Gasteiger partial charge is 0.134 e. The third-order valence-electron chi connectivity index (χ3n) is 15.7. The van der Waals surface area contributed by atoms with Crippen LogP contribution in [0.15, 0.2) is 231 Å². The molecule has 13 rings (SSSR count). The van der Waals surface area contributed by atoms with Crippen molar-refractivity contribution in [3.05, 3.63) is 264 Å². The summed E-state index contributed by atoms with van der Waals surface area (Å²) in [6.45, 7) is 9.67. The van der Waals surface area contributed by atoms with E-state index >= 15 is 0 Å². The van der Waals surface area contributed by atoms with Gasteiger partial charge in [-0.2, -0.15) is 0 Å². The minimum Gasteiger partial charge on any atom is -0.492 e. The molecule has 71 heavy (non-hydrogen) atoms. The zero-order valence-electron chi connectivity index (χ0n) is 40.6. The summed E-state index contributed by atoms with van der Waals surface area (Å²) in [4.78, 5) is 2.39. The Morgan fingerprint density at radius 1 is 0.394 bits per heavy atom. The number of anilines is 3. The minimum absolute atomic E-state index is 0.115. The summed E-state index contributed by atoms with van der Waals surface area (Å²) in [7, 11) is 0. The van der Waals surface area contributed by atoms with Crippen LogP contribution in [0.5, 0.6) is 5.75 Å². The third-order valence-corrected chi connectivity index (χ3v) is 15.7. The van der Waals surface area contributed by atoms with Crippen molar-refractivity contribution in [1.82, 2.24) is 0 Å². The number of hydrogen-bond acceptors (Lipinski definition) is 2. The molecule has 0 aromatic heterocycles. The third kappa shape index (κ3) is 6.84. The summed E-state index contributed by atoms with van der Waals surface area (Å²) < 4.78 is 7.18. The summed E-state index contributed by atoms with van der Waals surface area (Å²) >= 11 is 0. The quantitative estimate of drug-likeness (QED) is 0.171. The van der Waals surface area contributed by atoms with Gasteiger partial charge in [0.1, 0.15) is 5.75 Å². The van der Waals surface area contributed by atoms with E-state index in [1.807, 2.05) is 0 Å². The molecule has 0 saturated heterocycles. The van der Waals surface area contributed by atoms with Gasteiger partial charge in [0.2, 0.25) is 0 Å². The zero-order chi connectivity index (χ0) is 47.8. The van der Waals surface area contributed by atoms with E-state index in [4.69, 9.17) is 4.74 Å². The van der Waals surface area contributed by atoms with Gasteiger partial charge in [0.05, 0.1) is 6.61 Å². The molecule has 0 saturated carbocycles. The summed E-state index contributed by atoms with van der Waals surface area (Å²) in [5.74, 6) is 1.05. The van der Waals surface area contributed by atoms with Crippen LogP contribution in [0.4, 0.5) is 17.1 Å². The second-order valence-electron chi connectivity index (χ2n) is 19.8. The Hall–Kier alpha value is -8.46. The Balaban J connectivity index is 0.967. The second kappa shape index (κ2) is 16.9. The van der Waals surface area contributed by atoms with Gasteiger partial charge in [-0.25, -0.2) is 0 Å². The lowest BCUT2D eigenvalue weighted by molar-refractivity contribution is 0.301. The van der Waals surface area contributed by atoms with E-state index in [0.29, 0.717) is 6.61 Å². The lowest BCUT2D eigenvalue weighted by atomic mass is 9.74. The first-order valence-corrected chi connectivity index (χ1v) is 25.0. The van der Waals surface area contributed by atoms with Crippen LogP contribution in [0, 0.1) is 13.8 Å². The molecule has 2 aliphatic rings. The van der Waals surface area contributed by atoms with Crippen molar-refractivity contribution in [3.63, 3.8) is 0 Å². The lowest BCUT2D eigenvalue weighted by Crippen LogP contribution is -2.22. The molecular weight excluding hydrogens is 859 g/mol. The van der Waals surface area contributed by atoms with Gasteiger partial charge in [0.25, 0.3) is 0 Å². The van der Waals surface area contributed by atoms with E-state index in [9.17, 15) is 0 Å². The number of benzene rings is 11. The summed E-state index contributed by atoms with van der Waals surface area (Å²) in [5, 5.41) is 4.93. The molecule has 11 aromatic rings. The Morgan fingerprint density at radius 3 is 1.69 bits per heavy atom. The van der Waals surface area contributed by atoms with Gasteiger partial charge in [0.15, 0.2) is 0 Å². The number of hydrogen-bond donors (Lipinski definition) is 0. The van der Waals surface area contributed by atoms with Crippen LogP contribution in [0.3, 0.4) is 0 Å². The van der Waals surface area contributed by atoms with Crippen LogP contribution in [0.25, 0.3) is 77.2 Å². The fraction of sp³-hybridized carbons (Fsp3) is 0.101. The number of aryl methyl sites for hydroxylation is 2. The highest BCUT2D eigenvalue weighted by atomic mass is 16.5. The first-order valence-electron chi connectivity index (χ1n) is 25.0. The summed E-state index contributed by atoms with van der Waals surface area (Å²) in [5.41, 5.74) is 22.9. The van der Waals surface area contributed by atoms with E-state index in [1.54, 1.807) is 0 Å². The molecule has 2 nitrogen and oxygen atoms in total. The Morgan fingerprint density at radius 2 is 0.944 bits per heavy atom. The fourth-order valence-electron chi connectivity index (χ4n) is 12.1. The van der Waals surface area contributed by atoms with Crippen LogP contribution in [0.1, 0.15) is 53.1 Å². The molecule has 11 aromatic carbocycles. The molecule has 0 spiro atoms. The standard InChI is InChI=1S/C69H53NO/c1-44-17-15-26-59-53(44)36-38-60-55-23-11-12-24-56(55)63-41-48(31-35-57(63)62-39-37-54-45(2)18-16-27-61(54)68(62)71-43-46(3)67(59)60)47-29-32-51(33-30-47)70(50-21-9-6-10-22-50)52-34-40-66-64(42-52)58-25-13-14-28-65(58)69(66,4)49-19-7-5-8-20-49/h5-42,46H,43H2,1-4H3/t46-,69?/m0/s1. The predicted octanol–water partition coefficient (Wildman–Crippen LogP) is 18.6. The molecule has 1 aliphatic carbocycles. The second-order valence-corrected chi connectivity index (χ2v) is 19.8. The maximum Gasteiger partial charge on any atom is 0.134 e. The van der Waals surface area contributed by atoms with Gasteiger partial charge in [-0.1, -0.05) is 189 Å². The monoisotopic (exact) mass is 911 g/mol. The molecule has 1 unspecified atom stereocenters. The zero-order valence-corrected chi connectivity index (χ0v) is 40.6. The van der Waals surface area contributed by atoms with Crippen molar-refractivity contribution >= 4 is 38.6 Å². The first kappa shape index (κ1) is 42.6. The minimum atomic E-state index is -0.257. The van der Waals surface area contributed by atoms with Crippen molar-refractivity contribution in [3.8, 4) is 61.4 Å². The van der Waals surface area contributed by atoms with Crippen molar-refractivity contribution in [2.24, 2.45) is 0 Å². The van der Waals surface area contributed by atoms with E-state index in [1.165, 1.54) is 82.9 Å². The molecule has 1 heterocycles. The maximum atomic E-state index is 7.18. The SMILES string of the molecule is Cc1cccc2c3c(ccc12)-c1ccc(-c2ccc(N(c4ccccc4)c4ccc5c(c4)-c4ccccc4C5(C)c4ccccc4)cc2)cc1-c1ccccc1-c1ccc2c(C)cccc2c1[C@@H](C)CO3. The van der Waals surface area contributed by atoms with Gasteiger partial charge in [0, 0.05) is 39.3 Å². The predicted molar refractivity (Wildman–Crippen MR) is 299 cm³/mol. The Kier molecular flexibility index (Phi) is 10.1. The average Bonchev–Trinajstić information content (AvgIpc) is 3.67. The van der Waals surface area contributed by atoms with Gasteiger partial charge >= 0.3 is 0 Å². The molecule has 1 aliphatic heterocycles. The topological polar surface area (TPSA) is 12.5 Å². The fourth-order valence-corrected chi connectivity index (χ4v) is 12.1. The molecule has 0 fully saturated rings. The van der Waals surface area contributed by atoms with Gasteiger partial charge in [-0.3, -0.25) is 0 Å². The van der Waals surface area contributed by atoms with E-state index < -0.39 is 0 Å². The largest absolute Gasteiger partial charge is 0.492 e. The van der Waals surface area contributed by atoms with Crippen LogP contribution >= 0.6 is 0 Å². The summed E-state index contributed by atoms with van der Waals surface area (Å²) in [6.07, 6.45) is 0. The molecule has 0 amide bonds. The molecule has 2 atom stereocenters. The molecule has 0 bridgehead atoms. The van der Waals surface area contributed by atoms with Crippen molar-refractivity contribution in [2.75, 3.05) is 11.5 Å². The molecule has 0 radical (unpaired) electrons. The Bertz CT molecular complexity index is 3870. The highest BCUT2D eigenvalue weighted by molar-refractivity contribution is 6.03. The van der Waals surface area contributed by atoms with Crippen LogP contribution < -0.4 is 9.64 Å². The molecule has 2 heteroatoms. The number of fused-ring (bicyclic) bond motifs is 14. The highest BCUT2D eigenvalue weighted by Gasteiger charge is 2.41. The maximum absolute atomic E-state index is 7.18. The number of rotatable bonds is 5. The van der Waals surface area contributed by atoms with Crippen LogP contribution in [0.2, 0.25) is 0 Å². The average molecular weight is 912 g/mol. The van der Waals surface area contributed by atoms with Crippen LogP contribution in [-0.2, 0) is 5.41 Å². The van der Waals surface area contributed by atoms with Gasteiger partial charge in [-0.05, 0) is 169 Å². The van der Waals surface area contributed by atoms with E-state index in [0.717, 1.165) is 50.5 Å². The van der Waals surface area contributed by atoms with E-state index in [-0.39, 0.29) is 11.3 Å². The highest BCUT2D eigenvalue weighted by Crippen LogP contribution is 2.54. The molecule has 0 N–H and O–H groups in total. The lowest BCUT2D eigenvalue weighted by Gasteiger charge is -2.29. The normalized spacial score (nSPS) is 15.6. The number of nitrogens with zero attached hydrogens (tertiary/aromatic N) is 1.